The van der Waals surface area contributed by atoms with Crippen LogP contribution in [0.5, 0.6) is 0 Å². The van der Waals surface area contributed by atoms with Gasteiger partial charge >= 0.3 is 0 Å². The number of fused-ring (bicyclic) bond motifs is 1. The maximum atomic E-state index is 13.2. The molecule has 0 aliphatic carbocycles. The van der Waals surface area contributed by atoms with Crippen LogP contribution in [0.2, 0.25) is 0 Å². The second-order valence-corrected chi connectivity index (χ2v) is 7.70. The third kappa shape index (κ3) is 5.14. The molecular formula is C26H26N2O5. The van der Waals surface area contributed by atoms with Gasteiger partial charge in [-0.05, 0) is 37.1 Å². The molecule has 0 bridgehead atoms. The molecule has 1 aliphatic rings. The van der Waals surface area contributed by atoms with Crippen LogP contribution < -0.4 is 5.32 Å². The number of amides is 3. The molecule has 33 heavy (non-hydrogen) atoms. The summed E-state index contributed by atoms with van der Waals surface area (Å²) in [7, 11) is 0. The Hall–Kier alpha value is -3.87. The highest BCUT2D eigenvalue weighted by Crippen LogP contribution is 2.25. The van der Waals surface area contributed by atoms with Crippen LogP contribution in [-0.4, -0.2) is 46.8 Å². The van der Waals surface area contributed by atoms with Crippen molar-refractivity contribution in [3.8, 4) is 0 Å². The van der Waals surface area contributed by atoms with Crippen molar-refractivity contribution in [3.63, 3.8) is 0 Å². The Morgan fingerprint density at radius 3 is 2.03 bits per heavy atom. The van der Waals surface area contributed by atoms with Gasteiger partial charge in [0.25, 0.3) is 17.7 Å². The van der Waals surface area contributed by atoms with Crippen molar-refractivity contribution in [1.82, 2.24) is 10.2 Å². The van der Waals surface area contributed by atoms with Gasteiger partial charge in [0, 0.05) is 18.9 Å². The average molecular weight is 447 g/mol. The number of benzene rings is 2. The van der Waals surface area contributed by atoms with Gasteiger partial charge in [0.1, 0.15) is 5.78 Å². The lowest BCUT2D eigenvalue weighted by molar-refractivity contribution is -0.131. The number of Topliss-reactive ketones (excluding diaryl/α,β-unsaturated/α-hetero) is 1. The van der Waals surface area contributed by atoms with Crippen molar-refractivity contribution in [3.05, 3.63) is 83.4 Å². The Kier molecular flexibility index (Phi) is 7.66. The molecule has 7 nitrogen and oxygen atoms in total. The number of allylic oxidation sites excluding steroid dienone is 1. The molecule has 0 radical (unpaired) electrons. The predicted molar refractivity (Wildman–Crippen MR) is 122 cm³/mol. The molecule has 0 fully saturated rings. The third-order valence-corrected chi connectivity index (χ3v) is 5.51. The van der Waals surface area contributed by atoms with Gasteiger partial charge < -0.3 is 5.32 Å². The second kappa shape index (κ2) is 10.6. The van der Waals surface area contributed by atoms with Crippen molar-refractivity contribution in [1.29, 1.82) is 0 Å². The van der Waals surface area contributed by atoms with Crippen LogP contribution in [0.15, 0.2) is 66.7 Å². The molecule has 0 spiro atoms. The van der Waals surface area contributed by atoms with Gasteiger partial charge in [-0.2, -0.15) is 0 Å². The highest BCUT2D eigenvalue weighted by molar-refractivity contribution is 6.26. The molecule has 2 atom stereocenters. The highest BCUT2D eigenvalue weighted by atomic mass is 16.2. The smallest absolute Gasteiger partial charge is 0.262 e. The molecule has 1 N–H and O–H groups in total. The molecule has 0 saturated carbocycles. The summed E-state index contributed by atoms with van der Waals surface area (Å²) in [5, 5.41) is 2.53. The zero-order valence-electron chi connectivity index (χ0n) is 18.6. The minimum atomic E-state index is -1.65. The predicted octanol–water partition coefficient (Wildman–Crippen LogP) is 2.75. The summed E-state index contributed by atoms with van der Waals surface area (Å²) in [6.07, 6.45) is 3.29. The maximum Gasteiger partial charge on any atom is 0.262 e. The summed E-state index contributed by atoms with van der Waals surface area (Å²) in [4.78, 5) is 64.9. The van der Waals surface area contributed by atoms with Crippen LogP contribution in [0.1, 0.15) is 46.5 Å². The zero-order chi connectivity index (χ0) is 24.0. The Morgan fingerprint density at radius 1 is 0.909 bits per heavy atom. The molecule has 3 rings (SSSR count). The van der Waals surface area contributed by atoms with E-state index in [1.165, 1.54) is 18.2 Å². The fourth-order valence-electron chi connectivity index (χ4n) is 3.81. The van der Waals surface area contributed by atoms with Crippen molar-refractivity contribution >= 4 is 29.3 Å². The Morgan fingerprint density at radius 2 is 1.48 bits per heavy atom. The number of imide groups is 1. The molecule has 7 heteroatoms. The van der Waals surface area contributed by atoms with Crippen LogP contribution >= 0.6 is 0 Å². The third-order valence-electron chi connectivity index (χ3n) is 5.51. The van der Waals surface area contributed by atoms with E-state index in [1.54, 1.807) is 26.0 Å². The van der Waals surface area contributed by atoms with Gasteiger partial charge in [0.15, 0.2) is 11.8 Å². The topological polar surface area (TPSA) is 101 Å². The first-order valence-electron chi connectivity index (χ1n) is 10.9. The van der Waals surface area contributed by atoms with Crippen LogP contribution in [0.4, 0.5) is 0 Å². The van der Waals surface area contributed by atoms with Crippen LogP contribution in [0.25, 0.3) is 0 Å². The molecule has 2 unspecified atom stereocenters. The molecule has 0 saturated heterocycles. The molecule has 0 aromatic heterocycles. The number of hydrogen-bond acceptors (Lipinski definition) is 5. The Labute approximate surface area is 192 Å². The molecule has 3 amide bonds. The van der Waals surface area contributed by atoms with E-state index in [0.29, 0.717) is 11.3 Å². The lowest BCUT2D eigenvalue weighted by Crippen LogP contribution is -2.53. The Bertz CT molecular complexity index is 1070. The number of likely N-dealkylation sites (N-methyl/N-ethyl adjacent to an activating group) is 1. The summed E-state index contributed by atoms with van der Waals surface area (Å²) >= 11 is 0. The first-order chi connectivity index (χ1) is 15.9. The fraction of sp³-hybridized carbons (Fsp3) is 0.269. The summed E-state index contributed by atoms with van der Waals surface area (Å²) in [6, 6.07) is 13.9. The van der Waals surface area contributed by atoms with E-state index in [0.717, 1.165) is 11.6 Å². The number of rotatable bonds is 10. The van der Waals surface area contributed by atoms with Crippen LogP contribution in [0.3, 0.4) is 0 Å². The number of carbonyl (C=O) groups is 5. The van der Waals surface area contributed by atoms with Crippen molar-refractivity contribution in [2.45, 2.75) is 32.7 Å². The second-order valence-electron chi connectivity index (χ2n) is 7.70. The van der Waals surface area contributed by atoms with Gasteiger partial charge in [0.2, 0.25) is 0 Å². The quantitative estimate of drug-likeness (QED) is 0.344. The SMILES string of the molecule is CCNC(=O)C(C(=O)/C=C/C(Cc1ccccc1)C(=O)CC)N1C(=O)c2ccccc2C1=O. The van der Waals surface area contributed by atoms with Gasteiger partial charge in [-0.3, -0.25) is 28.9 Å². The van der Waals surface area contributed by atoms with Gasteiger partial charge in [0.05, 0.1) is 11.1 Å². The van der Waals surface area contributed by atoms with E-state index in [2.05, 4.69) is 5.32 Å². The van der Waals surface area contributed by atoms with E-state index in [4.69, 9.17) is 0 Å². The average Bonchev–Trinajstić information content (AvgIpc) is 3.07. The number of nitrogens with one attached hydrogen (secondary N) is 1. The van der Waals surface area contributed by atoms with E-state index >= 15 is 0 Å². The molecule has 1 aliphatic heterocycles. The lowest BCUT2D eigenvalue weighted by Gasteiger charge is -2.23. The maximum absolute atomic E-state index is 13.2. The van der Waals surface area contributed by atoms with E-state index < -0.39 is 35.5 Å². The van der Waals surface area contributed by atoms with Crippen molar-refractivity contribution in [2.24, 2.45) is 5.92 Å². The normalized spacial score (nSPS) is 14.8. The lowest BCUT2D eigenvalue weighted by atomic mass is 9.92. The van der Waals surface area contributed by atoms with Gasteiger partial charge in [-0.25, -0.2) is 0 Å². The van der Waals surface area contributed by atoms with E-state index in [9.17, 15) is 24.0 Å². The monoisotopic (exact) mass is 446 g/mol. The Balaban J connectivity index is 1.90. The first-order valence-corrected chi connectivity index (χ1v) is 10.9. The number of carbonyl (C=O) groups excluding carboxylic acids is 5. The van der Waals surface area contributed by atoms with E-state index in [-0.39, 0.29) is 29.9 Å². The molecule has 2 aromatic carbocycles. The standard InChI is InChI=1S/C26H26N2O5/c1-3-21(29)18(16-17-10-6-5-7-11-17)14-15-22(30)23(24(31)27-4-2)28-25(32)19-12-8-9-13-20(19)26(28)33/h5-15,18,23H,3-4,16H2,1-2H3,(H,27,31)/b15-14+. The molecular weight excluding hydrogens is 420 g/mol. The summed E-state index contributed by atoms with van der Waals surface area (Å²) in [5.41, 5.74) is 1.23. The number of nitrogens with zero attached hydrogens (tertiary/aromatic N) is 1. The summed E-state index contributed by atoms with van der Waals surface area (Å²) < 4.78 is 0. The number of hydrogen-bond donors (Lipinski definition) is 1. The summed E-state index contributed by atoms with van der Waals surface area (Å²) in [6.45, 7) is 3.64. The van der Waals surface area contributed by atoms with Crippen molar-refractivity contribution in [2.75, 3.05) is 6.54 Å². The van der Waals surface area contributed by atoms with Crippen LogP contribution in [0, 0.1) is 5.92 Å². The zero-order valence-corrected chi connectivity index (χ0v) is 18.6. The first kappa shape index (κ1) is 23.8. The molecule has 1 heterocycles. The fourth-order valence-corrected chi connectivity index (χ4v) is 3.81. The number of ketones is 2. The van der Waals surface area contributed by atoms with E-state index in [1.807, 2.05) is 30.3 Å². The van der Waals surface area contributed by atoms with Gasteiger partial charge in [-0.1, -0.05) is 55.5 Å². The highest BCUT2D eigenvalue weighted by Gasteiger charge is 2.45. The van der Waals surface area contributed by atoms with Gasteiger partial charge in [-0.15, -0.1) is 0 Å². The molecule has 170 valence electrons. The van der Waals surface area contributed by atoms with Crippen molar-refractivity contribution < 1.29 is 24.0 Å². The van der Waals surface area contributed by atoms with Crippen LogP contribution in [-0.2, 0) is 20.8 Å². The minimum absolute atomic E-state index is 0.0572. The molecule has 2 aromatic rings. The largest absolute Gasteiger partial charge is 0.354 e. The summed E-state index contributed by atoms with van der Waals surface area (Å²) in [5.74, 6) is -3.50. The minimum Gasteiger partial charge on any atom is -0.354 e.